The number of halogens is 1. The molecule has 2 rings (SSSR count). The SMILES string of the molecule is Cc1cc(NS(=O)(=O)c2ccc(Cl)cc2)c(C(=O)C(C)(C)C)cc1C. The van der Waals surface area contributed by atoms with E-state index in [1.807, 2.05) is 34.6 Å². The zero-order chi connectivity index (χ0) is 19.0. The van der Waals surface area contributed by atoms with Crippen molar-refractivity contribution in [3.8, 4) is 0 Å². The number of hydrogen-bond acceptors (Lipinski definition) is 3. The third-order valence-electron chi connectivity index (χ3n) is 3.93. The highest BCUT2D eigenvalue weighted by molar-refractivity contribution is 7.92. The number of Topliss-reactive ketones (excluding diaryl/α,β-unsaturated/α-hetero) is 1. The van der Waals surface area contributed by atoms with Gasteiger partial charge in [0, 0.05) is 16.0 Å². The lowest BCUT2D eigenvalue weighted by atomic mass is 9.85. The second-order valence-corrected chi connectivity index (χ2v) is 9.24. The maximum atomic E-state index is 12.8. The van der Waals surface area contributed by atoms with Crippen molar-refractivity contribution in [1.29, 1.82) is 0 Å². The summed E-state index contributed by atoms with van der Waals surface area (Å²) in [5.41, 5.74) is 1.87. The van der Waals surface area contributed by atoms with Crippen LogP contribution in [0.3, 0.4) is 0 Å². The van der Waals surface area contributed by atoms with E-state index in [1.165, 1.54) is 24.3 Å². The Bertz CT molecular complexity index is 911. The minimum Gasteiger partial charge on any atom is -0.294 e. The Morgan fingerprint density at radius 1 is 1.00 bits per heavy atom. The Hall–Kier alpha value is -1.85. The van der Waals surface area contributed by atoms with Crippen LogP contribution in [0.1, 0.15) is 42.3 Å². The first kappa shape index (κ1) is 19.5. The van der Waals surface area contributed by atoms with Crippen LogP contribution in [0.4, 0.5) is 5.69 Å². The third kappa shape index (κ3) is 4.41. The summed E-state index contributed by atoms with van der Waals surface area (Å²) in [6.07, 6.45) is 0. The van der Waals surface area contributed by atoms with Crippen molar-refractivity contribution >= 4 is 33.1 Å². The largest absolute Gasteiger partial charge is 0.294 e. The summed E-state index contributed by atoms with van der Waals surface area (Å²) in [5, 5.41) is 0.453. The van der Waals surface area contributed by atoms with Crippen LogP contribution in [-0.4, -0.2) is 14.2 Å². The number of sulfonamides is 1. The molecule has 0 unspecified atom stereocenters. The summed E-state index contributed by atoms with van der Waals surface area (Å²) in [4.78, 5) is 12.9. The lowest BCUT2D eigenvalue weighted by Gasteiger charge is -2.21. The van der Waals surface area contributed by atoms with E-state index in [0.717, 1.165) is 11.1 Å². The molecular weight excluding hydrogens is 358 g/mol. The zero-order valence-corrected chi connectivity index (χ0v) is 16.5. The molecule has 0 saturated heterocycles. The van der Waals surface area contributed by atoms with Crippen molar-refractivity contribution in [2.75, 3.05) is 4.72 Å². The number of benzene rings is 2. The van der Waals surface area contributed by atoms with Gasteiger partial charge in [0.15, 0.2) is 5.78 Å². The van der Waals surface area contributed by atoms with Crippen LogP contribution < -0.4 is 4.72 Å². The van der Waals surface area contributed by atoms with Gasteiger partial charge in [0.1, 0.15) is 0 Å². The fourth-order valence-corrected chi connectivity index (χ4v) is 3.51. The first-order chi connectivity index (χ1) is 11.4. The number of aryl methyl sites for hydroxylation is 2. The van der Waals surface area contributed by atoms with Crippen molar-refractivity contribution in [2.45, 2.75) is 39.5 Å². The van der Waals surface area contributed by atoms with Crippen LogP contribution in [0.2, 0.25) is 5.02 Å². The van der Waals surface area contributed by atoms with Crippen molar-refractivity contribution < 1.29 is 13.2 Å². The molecule has 0 fully saturated rings. The molecule has 0 bridgehead atoms. The van der Waals surface area contributed by atoms with Gasteiger partial charge in [-0.2, -0.15) is 0 Å². The fourth-order valence-electron chi connectivity index (χ4n) is 2.31. The van der Waals surface area contributed by atoms with E-state index in [0.29, 0.717) is 10.6 Å². The number of nitrogens with one attached hydrogen (secondary N) is 1. The van der Waals surface area contributed by atoms with Gasteiger partial charge >= 0.3 is 0 Å². The predicted molar refractivity (Wildman–Crippen MR) is 102 cm³/mol. The second kappa shape index (κ2) is 6.81. The summed E-state index contributed by atoms with van der Waals surface area (Å²) in [6.45, 7) is 9.19. The van der Waals surface area contributed by atoms with Crippen molar-refractivity contribution in [3.63, 3.8) is 0 Å². The number of anilines is 1. The van der Waals surface area contributed by atoms with E-state index < -0.39 is 15.4 Å². The third-order valence-corrected chi connectivity index (χ3v) is 5.56. The van der Waals surface area contributed by atoms with Gasteiger partial charge in [-0.15, -0.1) is 0 Å². The van der Waals surface area contributed by atoms with Gasteiger partial charge in [-0.1, -0.05) is 32.4 Å². The molecule has 0 aliphatic heterocycles. The van der Waals surface area contributed by atoms with E-state index in [1.54, 1.807) is 12.1 Å². The first-order valence-electron chi connectivity index (χ1n) is 7.86. The molecule has 0 amide bonds. The monoisotopic (exact) mass is 379 g/mol. The summed E-state index contributed by atoms with van der Waals surface area (Å²) in [5.74, 6) is -0.121. The lowest BCUT2D eigenvalue weighted by molar-refractivity contribution is 0.0859. The molecule has 0 saturated carbocycles. The van der Waals surface area contributed by atoms with Gasteiger partial charge in [0.2, 0.25) is 0 Å². The maximum Gasteiger partial charge on any atom is 0.261 e. The molecule has 4 nitrogen and oxygen atoms in total. The minimum absolute atomic E-state index is 0.0873. The van der Waals surface area contributed by atoms with E-state index in [-0.39, 0.29) is 16.4 Å². The van der Waals surface area contributed by atoms with Gasteiger partial charge in [-0.3, -0.25) is 9.52 Å². The van der Waals surface area contributed by atoms with Crippen LogP contribution in [-0.2, 0) is 10.0 Å². The van der Waals surface area contributed by atoms with Crippen LogP contribution >= 0.6 is 11.6 Å². The normalized spacial score (nSPS) is 12.1. The molecule has 0 atom stereocenters. The highest BCUT2D eigenvalue weighted by atomic mass is 35.5. The lowest BCUT2D eigenvalue weighted by Crippen LogP contribution is -2.23. The summed E-state index contributed by atoms with van der Waals surface area (Å²) >= 11 is 5.82. The number of ketones is 1. The van der Waals surface area contributed by atoms with Gasteiger partial charge < -0.3 is 0 Å². The molecule has 2 aromatic rings. The van der Waals surface area contributed by atoms with Gasteiger partial charge in [0.25, 0.3) is 10.0 Å². The van der Waals surface area contributed by atoms with Crippen LogP contribution in [0.5, 0.6) is 0 Å². The van der Waals surface area contributed by atoms with Gasteiger partial charge in [-0.25, -0.2) is 8.42 Å². The highest BCUT2D eigenvalue weighted by Crippen LogP contribution is 2.30. The molecule has 0 radical (unpaired) electrons. The van der Waals surface area contributed by atoms with Crippen molar-refractivity contribution in [1.82, 2.24) is 0 Å². The molecule has 134 valence electrons. The second-order valence-electron chi connectivity index (χ2n) is 7.12. The van der Waals surface area contributed by atoms with Crippen LogP contribution in [0.15, 0.2) is 41.3 Å². The smallest absolute Gasteiger partial charge is 0.261 e. The molecule has 0 spiro atoms. The molecule has 0 aliphatic carbocycles. The van der Waals surface area contributed by atoms with Crippen LogP contribution in [0, 0.1) is 19.3 Å². The Kier molecular flexibility index (Phi) is 5.30. The number of carbonyl (C=O) groups is 1. The van der Waals surface area contributed by atoms with Crippen molar-refractivity contribution in [2.24, 2.45) is 5.41 Å². The Balaban J connectivity index is 2.53. The Morgan fingerprint density at radius 3 is 2.04 bits per heavy atom. The first-order valence-corrected chi connectivity index (χ1v) is 9.72. The molecule has 6 heteroatoms. The molecule has 25 heavy (non-hydrogen) atoms. The van der Waals surface area contributed by atoms with E-state index in [4.69, 9.17) is 11.6 Å². The summed E-state index contributed by atoms with van der Waals surface area (Å²) in [6, 6.07) is 9.31. The summed E-state index contributed by atoms with van der Waals surface area (Å²) < 4.78 is 27.9. The Morgan fingerprint density at radius 2 is 1.52 bits per heavy atom. The Labute approximate surface area is 154 Å². The predicted octanol–water partition coefficient (Wildman–Crippen LogP) is 4.99. The van der Waals surface area contributed by atoms with Crippen LogP contribution in [0.25, 0.3) is 0 Å². The summed E-state index contributed by atoms with van der Waals surface area (Å²) in [7, 11) is -3.82. The molecule has 0 heterocycles. The standard InChI is InChI=1S/C19H22ClNO3S/c1-12-10-16(18(22)19(3,4)5)17(11-13(12)2)21-25(23,24)15-8-6-14(20)7-9-15/h6-11,21H,1-5H3. The quantitative estimate of drug-likeness (QED) is 0.761. The molecule has 1 N–H and O–H groups in total. The minimum atomic E-state index is -3.82. The molecule has 2 aromatic carbocycles. The fraction of sp³-hybridized carbons (Fsp3) is 0.316. The molecule has 0 aromatic heterocycles. The van der Waals surface area contributed by atoms with E-state index >= 15 is 0 Å². The number of hydrogen-bond donors (Lipinski definition) is 1. The van der Waals surface area contributed by atoms with E-state index in [9.17, 15) is 13.2 Å². The van der Waals surface area contributed by atoms with E-state index in [2.05, 4.69) is 4.72 Å². The number of carbonyl (C=O) groups excluding carboxylic acids is 1. The molecule has 0 aliphatic rings. The van der Waals surface area contributed by atoms with Gasteiger partial charge in [-0.05, 0) is 61.4 Å². The van der Waals surface area contributed by atoms with Crippen molar-refractivity contribution in [3.05, 3.63) is 58.1 Å². The maximum absolute atomic E-state index is 12.8. The average molecular weight is 380 g/mol. The zero-order valence-electron chi connectivity index (χ0n) is 15.0. The topological polar surface area (TPSA) is 63.2 Å². The van der Waals surface area contributed by atoms with Gasteiger partial charge in [0.05, 0.1) is 10.6 Å². The average Bonchev–Trinajstić information content (AvgIpc) is 2.49. The molecular formula is C19H22ClNO3S. The highest BCUT2D eigenvalue weighted by Gasteiger charge is 2.27. The number of rotatable bonds is 4.